The molecule has 1 aromatic carbocycles. The number of rotatable bonds is 4. The largest absolute Gasteiger partial charge is 0.448 e. The summed E-state index contributed by atoms with van der Waals surface area (Å²) in [5, 5.41) is 2.48. The number of carbonyl (C=O) groups excluding carboxylic acids is 1. The zero-order chi connectivity index (χ0) is 14.4. The predicted molar refractivity (Wildman–Crippen MR) is 78.5 cm³/mol. The summed E-state index contributed by atoms with van der Waals surface area (Å²) in [4.78, 5) is 15.8. The van der Waals surface area contributed by atoms with E-state index in [1.54, 1.807) is 7.05 Å². The van der Waals surface area contributed by atoms with E-state index in [1.165, 1.54) is 5.56 Å². The Kier molecular flexibility index (Phi) is 5.38. The smallest absolute Gasteiger partial charge is 0.406 e. The first kappa shape index (κ1) is 14.8. The number of alkyl carbamates (subject to hydrolysis) is 1. The Balaban J connectivity index is 1.85. The Hall–Kier alpha value is -1.59. The Labute approximate surface area is 120 Å². The van der Waals surface area contributed by atoms with Crippen LogP contribution < -0.4 is 5.32 Å². The Morgan fingerprint density at radius 1 is 1.35 bits per heavy atom. The van der Waals surface area contributed by atoms with Crippen LogP contribution in [0.15, 0.2) is 30.3 Å². The fraction of sp³-hybridized carbons (Fsp3) is 0.533. The van der Waals surface area contributed by atoms with Crippen molar-refractivity contribution in [2.24, 2.45) is 0 Å². The van der Waals surface area contributed by atoms with Crippen LogP contribution >= 0.6 is 0 Å². The molecule has 0 saturated carbocycles. The first-order valence-electron chi connectivity index (χ1n) is 7.00. The zero-order valence-electron chi connectivity index (χ0n) is 12.2. The van der Waals surface area contributed by atoms with Crippen LogP contribution in [0.5, 0.6) is 0 Å². The van der Waals surface area contributed by atoms with Gasteiger partial charge in [-0.2, -0.15) is 0 Å². The van der Waals surface area contributed by atoms with Gasteiger partial charge in [-0.1, -0.05) is 30.3 Å². The summed E-state index contributed by atoms with van der Waals surface area (Å²) >= 11 is 0. The first-order valence-corrected chi connectivity index (χ1v) is 7.00. The van der Waals surface area contributed by atoms with Crippen LogP contribution in [-0.4, -0.2) is 62.3 Å². The lowest BCUT2D eigenvalue weighted by atomic mass is 10.1. The van der Waals surface area contributed by atoms with Gasteiger partial charge >= 0.3 is 6.09 Å². The van der Waals surface area contributed by atoms with Gasteiger partial charge in [-0.05, 0) is 12.6 Å². The highest BCUT2D eigenvalue weighted by Crippen LogP contribution is 2.12. The summed E-state index contributed by atoms with van der Waals surface area (Å²) in [5.74, 6) is 0. The average Bonchev–Trinajstić information content (AvgIpc) is 2.48. The van der Waals surface area contributed by atoms with Gasteiger partial charge in [0.2, 0.25) is 0 Å². The quantitative estimate of drug-likeness (QED) is 0.897. The Bertz CT molecular complexity index is 424. The van der Waals surface area contributed by atoms with Gasteiger partial charge in [-0.3, -0.25) is 9.80 Å². The molecule has 1 amide bonds. The fourth-order valence-corrected chi connectivity index (χ4v) is 2.42. The Morgan fingerprint density at radius 2 is 2.10 bits per heavy atom. The van der Waals surface area contributed by atoms with Crippen LogP contribution in [0.3, 0.4) is 0 Å². The number of likely N-dealkylation sites (N-methyl/N-ethyl adjacent to an activating group) is 1. The van der Waals surface area contributed by atoms with Gasteiger partial charge in [0.05, 0.1) is 6.04 Å². The van der Waals surface area contributed by atoms with Gasteiger partial charge in [-0.25, -0.2) is 4.79 Å². The van der Waals surface area contributed by atoms with Crippen LogP contribution in [0, 0.1) is 0 Å². The van der Waals surface area contributed by atoms with E-state index in [4.69, 9.17) is 4.74 Å². The molecule has 0 spiro atoms. The maximum absolute atomic E-state index is 11.2. The minimum atomic E-state index is -0.362. The molecule has 1 N–H and O–H groups in total. The third kappa shape index (κ3) is 4.21. The van der Waals surface area contributed by atoms with Crippen molar-refractivity contribution in [3.8, 4) is 0 Å². The molecule has 1 aliphatic rings. The van der Waals surface area contributed by atoms with E-state index >= 15 is 0 Å². The second kappa shape index (κ2) is 7.26. The summed E-state index contributed by atoms with van der Waals surface area (Å²) in [7, 11) is 3.66. The van der Waals surface area contributed by atoms with E-state index in [-0.39, 0.29) is 12.1 Å². The minimum Gasteiger partial charge on any atom is -0.448 e. The molecule has 1 aromatic rings. The number of nitrogens with one attached hydrogen (secondary N) is 1. The minimum absolute atomic E-state index is 0.254. The molecule has 20 heavy (non-hydrogen) atoms. The lowest BCUT2D eigenvalue weighted by Crippen LogP contribution is -2.53. The summed E-state index contributed by atoms with van der Waals surface area (Å²) in [6, 6.07) is 10.7. The highest BCUT2D eigenvalue weighted by molar-refractivity contribution is 5.66. The molecule has 0 aliphatic carbocycles. The summed E-state index contributed by atoms with van der Waals surface area (Å²) in [6.45, 7) is 4.34. The molecule has 1 atom stereocenters. The van der Waals surface area contributed by atoms with Crippen molar-refractivity contribution in [3.63, 3.8) is 0 Å². The fourth-order valence-electron chi connectivity index (χ4n) is 2.42. The maximum Gasteiger partial charge on any atom is 0.406 e. The number of benzene rings is 1. The van der Waals surface area contributed by atoms with Crippen LogP contribution in [-0.2, 0) is 11.3 Å². The van der Waals surface area contributed by atoms with Crippen molar-refractivity contribution < 1.29 is 9.53 Å². The lowest BCUT2D eigenvalue weighted by molar-refractivity contribution is 0.0429. The summed E-state index contributed by atoms with van der Waals surface area (Å²) in [6.07, 6.45) is -0.362. The number of amides is 1. The summed E-state index contributed by atoms with van der Waals surface area (Å²) < 4.78 is 5.18. The molecule has 110 valence electrons. The van der Waals surface area contributed by atoms with Gasteiger partial charge in [-0.15, -0.1) is 0 Å². The van der Waals surface area contributed by atoms with Crippen molar-refractivity contribution >= 4 is 6.09 Å². The SMILES string of the molecule is CNC(=O)OC[C@H]1CN(Cc2ccccc2)CCN1C. The number of carbonyl (C=O) groups is 1. The molecule has 1 saturated heterocycles. The molecule has 0 radical (unpaired) electrons. The van der Waals surface area contributed by atoms with E-state index in [9.17, 15) is 4.79 Å². The molecule has 1 fully saturated rings. The molecule has 0 unspecified atom stereocenters. The van der Waals surface area contributed by atoms with Crippen molar-refractivity contribution in [3.05, 3.63) is 35.9 Å². The van der Waals surface area contributed by atoms with Gasteiger partial charge in [0.15, 0.2) is 0 Å². The van der Waals surface area contributed by atoms with E-state index in [0.717, 1.165) is 26.2 Å². The first-order chi connectivity index (χ1) is 9.69. The van der Waals surface area contributed by atoms with Crippen molar-refractivity contribution in [1.82, 2.24) is 15.1 Å². The molecular weight excluding hydrogens is 254 g/mol. The van der Waals surface area contributed by atoms with Gasteiger partial charge in [0, 0.05) is 33.2 Å². The van der Waals surface area contributed by atoms with Gasteiger partial charge in [0.25, 0.3) is 0 Å². The van der Waals surface area contributed by atoms with E-state index in [1.807, 2.05) is 6.07 Å². The topological polar surface area (TPSA) is 44.8 Å². The van der Waals surface area contributed by atoms with E-state index < -0.39 is 0 Å². The van der Waals surface area contributed by atoms with Gasteiger partial charge < -0.3 is 10.1 Å². The Morgan fingerprint density at radius 3 is 2.80 bits per heavy atom. The average molecular weight is 277 g/mol. The van der Waals surface area contributed by atoms with Crippen LogP contribution in [0.25, 0.3) is 0 Å². The van der Waals surface area contributed by atoms with Gasteiger partial charge in [0.1, 0.15) is 6.61 Å². The number of nitrogens with zero attached hydrogens (tertiary/aromatic N) is 2. The van der Waals surface area contributed by atoms with Crippen LogP contribution in [0.2, 0.25) is 0 Å². The molecule has 2 rings (SSSR count). The number of piperazine rings is 1. The van der Waals surface area contributed by atoms with E-state index in [2.05, 4.69) is 46.4 Å². The predicted octanol–water partition coefficient (Wildman–Crippen LogP) is 1.16. The van der Waals surface area contributed by atoms with E-state index in [0.29, 0.717) is 6.61 Å². The third-order valence-electron chi connectivity index (χ3n) is 3.72. The highest BCUT2D eigenvalue weighted by Gasteiger charge is 2.25. The number of ether oxygens (including phenoxy) is 1. The molecule has 1 aliphatic heterocycles. The lowest BCUT2D eigenvalue weighted by Gasteiger charge is -2.39. The molecule has 0 bridgehead atoms. The molecular formula is C15H23N3O2. The molecule has 1 heterocycles. The zero-order valence-corrected chi connectivity index (χ0v) is 12.2. The molecule has 0 aromatic heterocycles. The second-order valence-corrected chi connectivity index (χ2v) is 5.20. The molecule has 5 nitrogen and oxygen atoms in total. The summed E-state index contributed by atoms with van der Waals surface area (Å²) in [5.41, 5.74) is 1.32. The standard InChI is InChI=1S/C15H23N3O2/c1-16-15(19)20-12-14-11-18(9-8-17(14)2)10-13-6-4-3-5-7-13/h3-7,14H,8-12H2,1-2H3,(H,16,19)/t14-/m1/s1. The third-order valence-corrected chi connectivity index (χ3v) is 3.72. The number of hydrogen-bond acceptors (Lipinski definition) is 4. The molecule has 5 heteroatoms. The number of hydrogen-bond donors (Lipinski definition) is 1. The second-order valence-electron chi connectivity index (χ2n) is 5.20. The monoisotopic (exact) mass is 277 g/mol. The van der Waals surface area contributed by atoms with Crippen LogP contribution in [0.1, 0.15) is 5.56 Å². The van der Waals surface area contributed by atoms with Crippen molar-refractivity contribution in [2.75, 3.05) is 40.3 Å². The highest BCUT2D eigenvalue weighted by atomic mass is 16.5. The van der Waals surface area contributed by atoms with Crippen molar-refractivity contribution in [1.29, 1.82) is 0 Å². The van der Waals surface area contributed by atoms with Crippen molar-refractivity contribution in [2.45, 2.75) is 12.6 Å². The normalized spacial score (nSPS) is 20.6. The maximum atomic E-state index is 11.2. The van der Waals surface area contributed by atoms with Crippen LogP contribution in [0.4, 0.5) is 4.79 Å².